The molecular weight excluding hydrogens is 372 g/mol. The van der Waals surface area contributed by atoms with Crippen LogP contribution in [0.4, 0.5) is 11.6 Å². The molecule has 3 rings (SSSR count). The van der Waals surface area contributed by atoms with Crippen molar-refractivity contribution >= 4 is 33.6 Å². The third-order valence-corrected chi connectivity index (χ3v) is 5.05. The van der Waals surface area contributed by atoms with Gasteiger partial charge in [-0.25, -0.2) is 0 Å². The number of furan rings is 1. The number of rotatable bonds is 5. The molecule has 0 bridgehead atoms. The number of allylic oxidation sites excluding steroid dienone is 1. The molecule has 1 atom stereocenters. The van der Waals surface area contributed by atoms with Crippen molar-refractivity contribution in [1.29, 1.82) is 0 Å². The molecule has 27 heavy (non-hydrogen) atoms. The standard InChI is InChI=1S/C17H16N4O5S/c1-11-9-12(2)19-17(11)20-27(24,25)15-6-3-13(4-7-15)18-10-14-5-8-16(26-14)21(22)23/h3-11H,1-2H3,(H,19,20)/t11-/m1/s1. The fourth-order valence-electron chi connectivity index (χ4n) is 2.45. The molecule has 0 fully saturated rings. The molecule has 1 aliphatic heterocycles. The van der Waals surface area contributed by atoms with Gasteiger partial charge in [0.05, 0.1) is 22.9 Å². The van der Waals surface area contributed by atoms with Crippen LogP contribution in [0, 0.1) is 16.0 Å². The van der Waals surface area contributed by atoms with Crippen LogP contribution >= 0.6 is 0 Å². The molecule has 0 saturated heterocycles. The second-order valence-corrected chi connectivity index (χ2v) is 7.50. The van der Waals surface area contributed by atoms with E-state index in [2.05, 4.69) is 14.7 Å². The van der Waals surface area contributed by atoms with Crippen molar-refractivity contribution in [3.05, 3.63) is 64.0 Å². The summed E-state index contributed by atoms with van der Waals surface area (Å²) in [6, 6.07) is 8.46. The Morgan fingerprint density at radius 2 is 1.93 bits per heavy atom. The first-order chi connectivity index (χ1) is 12.7. The van der Waals surface area contributed by atoms with Crippen LogP contribution in [0.25, 0.3) is 0 Å². The highest BCUT2D eigenvalue weighted by Crippen LogP contribution is 2.21. The summed E-state index contributed by atoms with van der Waals surface area (Å²) in [5.41, 5.74) is 1.32. The molecule has 0 aliphatic carbocycles. The van der Waals surface area contributed by atoms with Crippen LogP contribution in [0.2, 0.25) is 0 Å². The van der Waals surface area contributed by atoms with Crippen LogP contribution in [0.1, 0.15) is 19.6 Å². The summed E-state index contributed by atoms with van der Waals surface area (Å²) in [4.78, 5) is 14.1. The molecule has 0 saturated carbocycles. The number of aliphatic imine (C=N–C) groups is 1. The first-order valence-electron chi connectivity index (χ1n) is 7.93. The van der Waals surface area contributed by atoms with E-state index in [1.807, 2.05) is 19.9 Å². The van der Waals surface area contributed by atoms with Gasteiger partial charge in [0.25, 0.3) is 10.0 Å². The van der Waals surface area contributed by atoms with Crippen LogP contribution in [0.5, 0.6) is 0 Å². The summed E-state index contributed by atoms with van der Waals surface area (Å²) in [7, 11) is -3.84. The highest BCUT2D eigenvalue weighted by atomic mass is 32.2. The molecule has 0 spiro atoms. The Bertz CT molecular complexity index is 1060. The van der Waals surface area contributed by atoms with Crippen LogP contribution in [-0.2, 0) is 10.0 Å². The molecule has 1 N–H and O–H groups in total. The van der Waals surface area contributed by atoms with E-state index in [0.29, 0.717) is 11.5 Å². The number of sulfonamides is 1. The smallest absolute Gasteiger partial charge is 0.400 e. The van der Waals surface area contributed by atoms with Gasteiger partial charge in [-0.1, -0.05) is 13.0 Å². The van der Waals surface area contributed by atoms with Crippen molar-refractivity contribution in [2.75, 3.05) is 0 Å². The Kier molecular flexibility index (Phi) is 4.91. The number of amidine groups is 1. The van der Waals surface area contributed by atoms with Gasteiger partial charge in [0, 0.05) is 11.6 Å². The SMILES string of the molecule is CC1=C[C@@H](C)C(=NS(=O)(=O)c2ccc(N=Cc3ccc([N+](=O)[O-])o3)cc2)N1. The van der Waals surface area contributed by atoms with Gasteiger partial charge in [-0.15, -0.1) is 4.40 Å². The number of benzene rings is 1. The molecule has 0 radical (unpaired) electrons. The Hall–Kier alpha value is -3.27. The topological polar surface area (TPSA) is 127 Å². The molecule has 10 heteroatoms. The minimum absolute atomic E-state index is 0.0427. The average Bonchev–Trinajstić information content (AvgIpc) is 3.20. The normalized spacial score (nSPS) is 18.7. The molecule has 2 aromatic rings. The zero-order valence-corrected chi connectivity index (χ0v) is 15.3. The fourth-order valence-corrected chi connectivity index (χ4v) is 3.51. The molecule has 9 nitrogen and oxygen atoms in total. The highest BCUT2D eigenvalue weighted by molar-refractivity contribution is 7.90. The van der Waals surface area contributed by atoms with E-state index in [0.717, 1.165) is 5.70 Å². The molecule has 140 valence electrons. The lowest BCUT2D eigenvalue weighted by atomic mass is 10.2. The molecular formula is C17H16N4O5S. The zero-order valence-electron chi connectivity index (χ0n) is 14.5. The Morgan fingerprint density at radius 3 is 2.48 bits per heavy atom. The second kappa shape index (κ2) is 7.16. The van der Waals surface area contributed by atoms with Gasteiger partial charge in [-0.2, -0.15) is 8.42 Å². The van der Waals surface area contributed by atoms with Crippen LogP contribution < -0.4 is 5.32 Å². The second-order valence-electron chi connectivity index (χ2n) is 5.90. The van der Waals surface area contributed by atoms with E-state index >= 15 is 0 Å². The number of nitro groups is 1. The van der Waals surface area contributed by atoms with Crippen molar-refractivity contribution in [1.82, 2.24) is 5.32 Å². The number of nitrogens with zero attached hydrogens (tertiary/aromatic N) is 3. The average molecular weight is 388 g/mol. The Balaban J connectivity index is 1.75. The number of nitrogens with one attached hydrogen (secondary N) is 1. The van der Waals surface area contributed by atoms with Crippen LogP contribution in [0.15, 0.2) is 66.9 Å². The van der Waals surface area contributed by atoms with E-state index in [4.69, 9.17) is 4.42 Å². The summed E-state index contributed by atoms with van der Waals surface area (Å²) >= 11 is 0. The van der Waals surface area contributed by atoms with Gasteiger partial charge < -0.3 is 9.73 Å². The lowest BCUT2D eigenvalue weighted by Crippen LogP contribution is -2.21. The van der Waals surface area contributed by atoms with E-state index in [9.17, 15) is 18.5 Å². The Labute approximate surface area is 155 Å². The van der Waals surface area contributed by atoms with Crippen molar-refractivity contribution in [3.8, 4) is 0 Å². The molecule has 1 aromatic heterocycles. The maximum absolute atomic E-state index is 12.4. The first-order valence-corrected chi connectivity index (χ1v) is 9.37. The van der Waals surface area contributed by atoms with E-state index < -0.39 is 14.9 Å². The van der Waals surface area contributed by atoms with Gasteiger partial charge in [0.1, 0.15) is 10.8 Å². The van der Waals surface area contributed by atoms with E-state index in [1.54, 1.807) is 0 Å². The van der Waals surface area contributed by atoms with Gasteiger partial charge in [-0.3, -0.25) is 15.1 Å². The molecule has 1 aromatic carbocycles. The molecule has 0 amide bonds. The molecule has 1 aliphatic rings. The minimum atomic E-state index is -3.84. The van der Waals surface area contributed by atoms with E-state index in [-0.39, 0.29) is 22.5 Å². The predicted molar refractivity (Wildman–Crippen MR) is 99.7 cm³/mol. The maximum atomic E-state index is 12.4. The highest BCUT2D eigenvalue weighted by Gasteiger charge is 2.21. The fraction of sp³-hybridized carbons (Fsp3) is 0.176. The summed E-state index contributed by atoms with van der Waals surface area (Å²) in [6.07, 6.45) is 3.21. The van der Waals surface area contributed by atoms with Crippen molar-refractivity contribution in [2.45, 2.75) is 18.7 Å². The maximum Gasteiger partial charge on any atom is 0.433 e. The third kappa shape index (κ3) is 4.29. The summed E-state index contributed by atoms with van der Waals surface area (Å²) in [5, 5.41) is 13.5. The zero-order chi connectivity index (χ0) is 19.6. The predicted octanol–water partition coefficient (Wildman–Crippen LogP) is 3.17. The quantitative estimate of drug-likeness (QED) is 0.476. The van der Waals surface area contributed by atoms with Crippen molar-refractivity contribution < 1.29 is 17.8 Å². The third-order valence-electron chi connectivity index (χ3n) is 3.74. The lowest BCUT2D eigenvalue weighted by molar-refractivity contribution is -0.402. The lowest BCUT2D eigenvalue weighted by Gasteiger charge is -2.05. The van der Waals surface area contributed by atoms with Crippen LogP contribution in [0.3, 0.4) is 0 Å². The van der Waals surface area contributed by atoms with Gasteiger partial charge >= 0.3 is 5.88 Å². The first kappa shape index (κ1) is 18.5. The van der Waals surface area contributed by atoms with Gasteiger partial charge in [-0.05, 0) is 37.3 Å². The van der Waals surface area contributed by atoms with Gasteiger partial charge in [0.2, 0.25) is 0 Å². The summed E-state index contributed by atoms with van der Waals surface area (Å²) in [5.74, 6) is 0.125. The Morgan fingerprint density at radius 1 is 1.22 bits per heavy atom. The minimum Gasteiger partial charge on any atom is -0.400 e. The van der Waals surface area contributed by atoms with Crippen molar-refractivity contribution in [3.63, 3.8) is 0 Å². The number of hydrogen-bond acceptors (Lipinski definition) is 6. The summed E-state index contributed by atoms with van der Waals surface area (Å²) < 4.78 is 33.7. The summed E-state index contributed by atoms with van der Waals surface area (Å²) in [6.45, 7) is 3.70. The largest absolute Gasteiger partial charge is 0.433 e. The van der Waals surface area contributed by atoms with Crippen molar-refractivity contribution in [2.24, 2.45) is 15.3 Å². The number of hydrogen-bond donors (Lipinski definition) is 1. The van der Waals surface area contributed by atoms with Gasteiger partial charge in [0.15, 0.2) is 5.76 Å². The molecule has 0 unspecified atom stereocenters. The monoisotopic (exact) mass is 388 g/mol. The van der Waals surface area contributed by atoms with Crippen LogP contribution in [-0.4, -0.2) is 25.4 Å². The molecule has 2 heterocycles. The van der Waals surface area contributed by atoms with E-state index in [1.165, 1.54) is 42.6 Å².